The third kappa shape index (κ3) is 1.34. The van der Waals surface area contributed by atoms with Crippen molar-refractivity contribution in [3.63, 3.8) is 0 Å². The van der Waals surface area contributed by atoms with E-state index in [2.05, 4.69) is 13.8 Å². The van der Waals surface area contributed by atoms with Crippen LogP contribution in [-0.4, -0.2) is 15.5 Å². The van der Waals surface area contributed by atoms with Crippen LogP contribution in [-0.2, 0) is 9.15 Å². The minimum Gasteiger partial charge on any atom is -0.271 e. The van der Waals surface area contributed by atoms with Crippen LogP contribution >= 0.6 is 0 Å². The standard InChI is InChI=1S/C4H11BO2Si/c1-3-5(4-2)8-6-7-8/h8H,3-4H2,1-2H3. The lowest BCUT2D eigenvalue weighted by atomic mass is 9.70. The largest absolute Gasteiger partial charge is 0.354 e. The van der Waals surface area contributed by atoms with Crippen molar-refractivity contribution in [2.24, 2.45) is 0 Å². The fourth-order valence-corrected chi connectivity index (χ4v) is 2.20. The summed E-state index contributed by atoms with van der Waals surface area (Å²) >= 11 is 0. The molecule has 4 heteroatoms. The van der Waals surface area contributed by atoms with Gasteiger partial charge in [0.05, 0.1) is 0 Å². The van der Waals surface area contributed by atoms with Gasteiger partial charge in [0, 0.05) is 0 Å². The summed E-state index contributed by atoms with van der Waals surface area (Å²) in [6.45, 7) is 4.37. The van der Waals surface area contributed by atoms with Crippen molar-refractivity contribution < 1.29 is 9.15 Å². The van der Waals surface area contributed by atoms with Crippen LogP contribution in [0.2, 0.25) is 12.6 Å². The van der Waals surface area contributed by atoms with E-state index in [1.165, 1.54) is 12.6 Å². The van der Waals surface area contributed by atoms with Gasteiger partial charge in [-0.05, 0) is 0 Å². The van der Waals surface area contributed by atoms with Crippen LogP contribution in [0, 0.1) is 0 Å². The lowest BCUT2D eigenvalue weighted by molar-refractivity contribution is 0.0850. The van der Waals surface area contributed by atoms with Gasteiger partial charge in [-0.3, -0.25) is 9.15 Å². The summed E-state index contributed by atoms with van der Waals surface area (Å²) < 4.78 is 9.58. The van der Waals surface area contributed by atoms with Gasteiger partial charge in [0.2, 0.25) is 6.31 Å². The van der Waals surface area contributed by atoms with Gasteiger partial charge in [0.15, 0.2) is 0 Å². The summed E-state index contributed by atoms with van der Waals surface area (Å²) in [6, 6.07) is 0. The summed E-state index contributed by atoms with van der Waals surface area (Å²) in [6.07, 6.45) is 3.19. The van der Waals surface area contributed by atoms with E-state index in [0.29, 0.717) is 0 Å². The minimum atomic E-state index is -1.04. The first-order valence-electron chi connectivity index (χ1n) is 3.20. The predicted octanol–water partition coefficient (Wildman–Crippen LogP) is 0.782. The number of hydrogen-bond donors (Lipinski definition) is 0. The second-order valence-corrected chi connectivity index (χ2v) is 4.20. The van der Waals surface area contributed by atoms with Crippen molar-refractivity contribution in [3.05, 3.63) is 0 Å². The first-order valence-corrected chi connectivity index (χ1v) is 4.81. The molecule has 0 saturated carbocycles. The predicted molar refractivity (Wildman–Crippen MR) is 36.0 cm³/mol. The normalized spacial score (nSPS) is 18.8. The van der Waals surface area contributed by atoms with Gasteiger partial charge in [0.25, 0.3) is 0 Å². The molecule has 0 atom stereocenters. The Morgan fingerprint density at radius 2 is 1.75 bits per heavy atom. The van der Waals surface area contributed by atoms with Gasteiger partial charge in [0.1, 0.15) is 0 Å². The summed E-state index contributed by atoms with van der Waals surface area (Å²) in [4.78, 5) is 0. The molecule has 1 fully saturated rings. The van der Waals surface area contributed by atoms with E-state index in [0.717, 1.165) is 6.31 Å². The van der Waals surface area contributed by atoms with Crippen molar-refractivity contribution >= 4 is 15.5 Å². The van der Waals surface area contributed by atoms with Crippen LogP contribution in [0.1, 0.15) is 13.8 Å². The molecule has 46 valence electrons. The van der Waals surface area contributed by atoms with Crippen molar-refractivity contribution in [2.45, 2.75) is 26.5 Å². The Kier molecular flexibility index (Phi) is 2.10. The molecular weight excluding hydrogens is 119 g/mol. The SMILES string of the molecule is CCB(CC)[SiH]1OO1. The fraction of sp³-hybridized carbons (Fsp3) is 1.00. The average molecular weight is 130 g/mol. The molecule has 1 saturated heterocycles. The molecule has 0 N–H and O–H groups in total. The lowest BCUT2D eigenvalue weighted by Crippen LogP contribution is -2.21. The Labute approximate surface area is 52.0 Å². The van der Waals surface area contributed by atoms with Crippen LogP contribution in [0.25, 0.3) is 0 Å². The maximum absolute atomic E-state index is 4.79. The molecule has 0 aliphatic carbocycles. The zero-order chi connectivity index (χ0) is 5.98. The number of hydrogen-bond acceptors (Lipinski definition) is 2. The van der Waals surface area contributed by atoms with Crippen molar-refractivity contribution in [1.82, 2.24) is 0 Å². The smallest absolute Gasteiger partial charge is 0.271 e. The molecule has 0 unspecified atom stereocenters. The second kappa shape index (κ2) is 2.66. The molecule has 0 aromatic rings. The van der Waals surface area contributed by atoms with Gasteiger partial charge in [-0.25, -0.2) is 0 Å². The van der Waals surface area contributed by atoms with Crippen LogP contribution in [0.15, 0.2) is 0 Å². The summed E-state index contributed by atoms with van der Waals surface area (Å²) in [7, 11) is -1.04. The average Bonchev–Trinajstić information content (AvgIpc) is 2.53. The van der Waals surface area contributed by atoms with Crippen molar-refractivity contribution in [1.29, 1.82) is 0 Å². The summed E-state index contributed by atoms with van der Waals surface area (Å²) in [5.41, 5.74) is 0. The molecule has 0 bridgehead atoms. The molecular formula is C4H11BO2Si. The zero-order valence-corrected chi connectivity index (χ0v) is 6.54. The lowest BCUT2D eigenvalue weighted by Gasteiger charge is -1.94. The van der Waals surface area contributed by atoms with E-state index in [1.54, 1.807) is 0 Å². The van der Waals surface area contributed by atoms with Crippen LogP contribution in [0.3, 0.4) is 0 Å². The first kappa shape index (κ1) is 6.32. The Morgan fingerprint density at radius 1 is 1.25 bits per heavy atom. The molecule has 1 rings (SSSR count). The Hall–Kier alpha value is 0.202. The molecule has 0 aromatic carbocycles. The molecule has 0 radical (unpaired) electrons. The van der Waals surface area contributed by atoms with Crippen molar-refractivity contribution in [2.75, 3.05) is 0 Å². The van der Waals surface area contributed by atoms with Gasteiger partial charge >= 0.3 is 9.15 Å². The summed E-state index contributed by atoms with van der Waals surface area (Å²) in [5, 5.41) is 0. The minimum absolute atomic E-state index is 0.759. The molecule has 2 nitrogen and oxygen atoms in total. The third-order valence-corrected chi connectivity index (χ3v) is 3.77. The van der Waals surface area contributed by atoms with E-state index in [4.69, 9.17) is 9.15 Å². The molecule has 1 aliphatic heterocycles. The van der Waals surface area contributed by atoms with Crippen LogP contribution in [0.4, 0.5) is 0 Å². The van der Waals surface area contributed by atoms with Gasteiger partial charge in [-0.2, -0.15) is 0 Å². The highest BCUT2D eigenvalue weighted by atomic mass is 28.3. The molecule has 0 aromatic heterocycles. The van der Waals surface area contributed by atoms with Crippen molar-refractivity contribution in [3.8, 4) is 0 Å². The molecule has 8 heavy (non-hydrogen) atoms. The Bertz CT molecular complexity index is 72.4. The highest BCUT2D eigenvalue weighted by Gasteiger charge is 2.39. The molecule has 0 spiro atoms. The maximum Gasteiger partial charge on any atom is 0.354 e. The first-order chi connectivity index (χ1) is 3.88. The van der Waals surface area contributed by atoms with Gasteiger partial charge in [-0.1, -0.05) is 26.5 Å². The fourth-order valence-electron chi connectivity index (χ4n) is 0.863. The number of rotatable bonds is 3. The Morgan fingerprint density at radius 3 is 1.88 bits per heavy atom. The molecule has 0 amide bonds. The highest BCUT2D eigenvalue weighted by molar-refractivity contribution is 7.19. The van der Waals surface area contributed by atoms with E-state index in [1.807, 2.05) is 0 Å². The van der Waals surface area contributed by atoms with E-state index in [-0.39, 0.29) is 0 Å². The highest BCUT2D eigenvalue weighted by Crippen LogP contribution is 2.15. The maximum atomic E-state index is 4.79. The van der Waals surface area contributed by atoms with Crippen LogP contribution in [0.5, 0.6) is 0 Å². The van der Waals surface area contributed by atoms with E-state index >= 15 is 0 Å². The van der Waals surface area contributed by atoms with E-state index < -0.39 is 9.15 Å². The third-order valence-electron chi connectivity index (χ3n) is 1.64. The monoisotopic (exact) mass is 130 g/mol. The molecule has 1 aliphatic rings. The van der Waals surface area contributed by atoms with Gasteiger partial charge < -0.3 is 0 Å². The summed E-state index contributed by atoms with van der Waals surface area (Å²) in [5.74, 6) is 0. The van der Waals surface area contributed by atoms with Crippen LogP contribution < -0.4 is 0 Å². The zero-order valence-electron chi connectivity index (χ0n) is 5.39. The Balaban J connectivity index is 2.15. The topological polar surface area (TPSA) is 25.1 Å². The van der Waals surface area contributed by atoms with Gasteiger partial charge in [-0.15, -0.1) is 0 Å². The molecule has 1 heterocycles. The van der Waals surface area contributed by atoms with E-state index in [9.17, 15) is 0 Å². The second-order valence-electron chi connectivity index (χ2n) is 2.14. The quantitative estimate of drug-likeness (QED) is 0.320.